The second-order valence-corrected chi connectivity index (χ2v) is 4.47. The summed E-state index contributed by atoms with van der Waals surface area (Å²) >= 11 is 0. The van der Waals surface area contributed by atoms with E-state index < -0.39 is 0 Å². The van der Waals surface area contributed by atoms with Crippen molar-refractivity contribution in [2.24, 2.45) is 11.8 Å². The van der Waals surface area contributed by atoms with Crippen molar-refractivity contribution in [3.05, 3.63) is 0 Å². The molecule has 0 radical (unpaired) electrons. The van der Waals surface area contributed by atoms with Gasteiger partial charge in [-0.2, -0.15) is 0 Å². The molecule has 1 amide bonds. The number of carbonyl (C=O) groups is 1. The Labute approximate surface area is 81.3 Å². The van der Waals surface area contributed by atoms with Crippen molar-refractivity contribution in [3.8, 4) is 0 Å². The Morgan fingerprint density at radius 1 is 1.54 bits per heavy atom. The molecule has 0 saturated carbocycles. The Bertz CT molecular complexity index is 177. The lowest BCUT2D eigenvalue weighted by Crippen LogP contribution is -2.40. The predicted octanol–water partition coefficient (Wildman–Crippen LogP) is 2.29. The molecule has 1 atom stereocenters. The summed E-state index contributed by atoms with van der Waals surface area (Å²) in [6.07, 6.45) is 3.14. The minimum atomic E-state index is 0.350. The van der Waals surface area contributed by atoms with Gasteiger partial charge in [-0.1, -0.05) is 13.8 Å². The van der Waals surface area contributed by atoms with E-state index in [4.69, 9.17) is 0 Å². The van der Waals surface area contributed by atoms with Crippen molar-refractivity contribution in [1.82, 2.24) is 4.90 Å². The minimum absolute atomic E-state index is 0.350. The molecule has 0 bridgehead atoms. The first kappa shape index (κ1) is 10.6. The fourth-order valence-electron chi connectivity index (χ4n) is 2.15. The Morgan fingerprint density at radius 3 is 2.77 bits per heavy atom. The maximum absolute atomic E-state index is 11.4. The molecule has 1 fully saturated rings. The van der Waals surface area contributed by atoms with Gasteiger partial charge >= 0.3 is 0 Å². The first-order valence-electron chi connectivity index (χ1n) is 5.41. The van der Waals surface area contributed by atoms with Crippen LogP contribution in [0.1, 0.15) is 40.0 Å². The van der Waals surface area contributed by atoms with Crippen molar-refractivity contribution in [2.75, 3.05) is 13.1 Å². The second-order valence-electron chi connectivity index (χ2n) is 4.47. The molecule has 13 heavy (non-hydrogen) atoms. The normalized spacial score (nSPS) is 24.2. The van der Waals surface area contributed by atoms with E-state index in [-0.39, 0.29) is 0 Å². The van der Waals surface area contributed by atoms with Gasteiger partial charge in [0.15, 0.2) is 0 Å². The van der Waals surface area contributed by atoms with Crippen molar-refractivity contribution in [2.45, 2.75) is 40.0 Å². The Balaban J connectivity index is 2.40. The molecule has 1 unspecified atom stereocenters. The number of nitrogens with zero attached hydrogens (tertiary/aromatic N) is 1. The lowest BCUT2D eigenvalue weighted by Gasteiger charge is -2.32. The molecule has 0 aromatic rings. The zero-order valence-electron chi connectivity index (χ0n) is 9.05. The molecule has 0 spiro atoms. The molecule has 1 aliphatic heterocycles. The van der Waals surface area contributed by atoms with Crippen molar-refractivity contribution in [3.63, 3.8) is 0 Å². The summed E-state index contributed by atoms with van der Waals surface area (Å²) in [5.41, 5.74) is 0. The van der Waals surface area contributed by atoms with Gasteiger partial charge in [0, 0.05) is 19.5 Å². The number of hydrogen-bond acceptors (Lipinski definition) is 1. The van der Waals surface area contributed by atoms with Crippen LogP contribution in [0.3, 0.4) is 0 Å². The Hall–Kier alpha value is -0.530. The maximum atomic E-state index is 11.4. The molecular weight excluding hydrogens is 162 g/mol. The number of rotatable bonds is 3. The van der Waals surface area contributed by atoms with E-state index in [1.54, 1.807) is 0 Å². The molecule has 1 saturated heterocycles. The SMILES string of the molecule is CCN1CC(CC(C)C)CCC1=O. The third kappa shape index (κ3) is 3.02. The molecule has 2 nitrogen and oxygen atoms in total. The highest BCUT2D eigenvalue weighted by atomic mass is 16.2. The average molecular weight is 183 g/mol. The fourth-order valence-corrected chi connectivity index (χ4v) is 2.15. The molecule has 1 heterocycles. The van der Waals surface area contributed by atoms with Crippen LogP contribution in [-0.2, 0) is 4.79 Å². The van der Waals surface area contributed by atoms with E-state index in [1.165, 1.54) is 6.42 Å². The number of hydrogen-bond donors (Lipinski definition) is 0. The van der Waals surface area contributed by atoms with E-state index in [0.717, 1.165) is 37.8 Å². The minimum Gasteiger partial charge on any atom is -0.343 e. The van der Waals surface area contributed by atoms with Gasteiger partial charge in [-0.3, -0.25) is 4.79 Å². The van der Waals surface area contributed by atoms with Crippen molar-refractivity contribution >= 4 is 5.91 Å². The van der Waals surface area contributed by atoms with E-state index in [9.17, 15) is 4.79 Å². The molecule has 2 heteroatoms. The van der Waals surface area contributed by atoms with E-state index in [1.807, 2.05) is 4.90 Å². The van der Waals surface area contributed by atoms with Crippen LogP contribution in [0.15, 0.2) is 0 Å². The average Bonchev–Trinajstić information content (AvgIpc) is 2.07. The van der Waals surface area contributed by atoms with Crippen LogP contribution < -0.4 is 0 Å². The van der Waals surface area contributed by atoms with Gasteiger partial charge in [0.05, 0.1) is 0 Å². The number of piperidine rings is 1. The molecule has 76 valence electrons. The van der Waals surface area contributed by atoms with E-state index in [0.29, 0.717) is 5.91 Å². The topological polar surface area (TPSA) is 20.3 Å². The third-order valence-electron chi connectivity index (χ3n) is 2.78. The summed E-state index contributed by atoms with van der Waals surface area (Å²) in [4.78, 5) is 13.4. The lowest BCUT2D eigenvalue weighted by molar-refractivity contribution is -0.134. The molecule has 1 aliphatic rings. The predicted molar refractivity (Wildman–Crippen MR) is 54.4 cm³/mol. The van der Waals surface area contributed by atoms with Crippen LogP contribution in [0, 0.1) is 11.8 Å². The fraction of sp³-hybridized carbons (Fsp3) is 0.909. The van der Waals surface area contributed by atoms with Gasteiger partial charge in [0.2, 0.25) is 5.91 Å². The highest BCUT2D eigenvalue weighted by Gasteiger charge is 2.24. The van der Waals surface area contributed by atoms with Crippen molar-refractivity contribution < 1.29 is 4.79 Å². The monoisotopic (exact) mass is 183 g/mol. The number of likely N-dealkylation sites (tertiary alicyclic amines) is 1. The van der Waals surface area contributed by atoms with Crippen molar-refractivity contribution in [1.29, 1.82) is 0 Å². The summed E-state index contributed by atoms with van der Waals surface area (Å²) in [5.74, 6) is 1.86. The van der Waals surface area contributed by atoms with Crippen LogP contribution in [0.4, 0.5) is 0 Å². The van der Waals surface area contributed by atoms with Gasteiger partial charge in [-0.25, -0.2) is 0 Å². The number of amides is 1. The van der Waals surface area contributed by atoms with E-state index in [2.05, 4.69) is 20.8 Å². The highest BCUT2D eigenvalue weighted by molar-refractivity contribution is 5.76. The molecular formula is C11H21NO. The summed E-state index contributed by atoms with van der Waals surface area (Å²) in [5, 5.41) is 0. The zero-order valence-corrected chi connectivity index (χ0v) is 9.05. The molecule has 0 aromatic carbocycles. The third-order valence-corrected chi connectivity index (χ3v) is 2.78. The molecule has 0 aromatic heterocycles. The summed E-state index contributed by atoms with van der Waals surface area (Å²) in [7, 11) is 0. The quantitative estimate of drug-likeness (QED) is 0.657. The Morgan fingerprint density at radius 2 is 2.23 bits per heavy atom. The number of carbonyl (C=O) groups excluding carboxylic acids is 1. The van der Waals surface area contributed by atoms with Crippen LogP contribution in [0.25, 0.3) is 0 Å². The first-order valence-corrected chi connectivity index (χ1v) is 5.41. The van der Waals surface area contributed by atoms with Gasteiger partial charge in [0.25, 0.3) is 0 Å². The zero-order chi connectivity index (χ0) is 9.84. The second kappa shape index (κ2) is 4.64. The molecule has 1 rings (SSSR count). The smallest absolute Gasteiger partial charge is 0.222 e. The highest BCUT2D eigenvalue weighted by Crippen LogP contribution is 2.23. The molecule has 0 N–H and O–H groups in total. The van der Waals surface area contributed by atoms with Gasteiger partial charge in [-0.15, -0.1) is 0 Å². The van der Waals surface area contributed by atoms with Crippen LogP contribution in [-0.4, -0.2) is 23.9 Å². The Kier molecular flexibility index (Phi) is 3.76. The van der Waals surface area contributed by atoms with Crippen LogP contribution in [0.5, 0.6) is 0 Å². The lowest BCUT2D eigenvalue weighted by atomic mass is 9.89. The summed E-state index contributed by atoms with van der Waals surface area (Å²) in [6.45, 7) is 8.45. The van der Waals surface area contributed by atoms with Gasteiger partial charge in [-0.05, 0) is 31.6 Å². The van der Waals surface area contributed by atoms with Gasteiger partial charge < -0.3 is 4.90 Å². The maximum Gasteiger partial charge on any atom is 0.222 e. The summed E-state index contributed by atoms with van der Waals surface area (Å²) in [6, 6.07) is 0. The van der Waals surface area contributed by atoms with Gasteiger partial charge in [0.1, 0.15) is 0 Å². The van der Waals surface area contributed by atoms with E-state index >= 15 is 0 Å². The standard InChI is InChI=1S/C11H21NO/c1-4-12-8-10(7-9(2)3)5-6-11(12)13/h9-10H,4-8H2,1-3H3. The van der Waals surface area contributed by atoms with Crippen LogP contribution >= 0.6 is 0 Å². The largest absolute Gasteiger partial charge is 0.343 e. The van der Waals surface area contributed by atoms with Crippen LogP contribution in [0.2, 0.25) is 0 Å². The first-order chi connectivity index (χ1) is 6.13. The molecule has 0 aliphatic carbocycles. The summed E-state index contributed by atoms with van der Waals surface area (Å²) < 4.78 is 0.